The number of halogens is 2. The minimum Gasteiger partial charge on any atom is -0.271 e. The van der Waals surface area contributed by atoms with Crippen LogP contribution in [0.25, 0.3) is 0 Å². The van der Waals surface area contributed by atoms with Gasteiger partial charge in [-0.15, -0.1) is 6.58 Å². The highest BCUT2D eigenvalue weighted by molar-refractivity contribution is 5.23. The number of hydrogen-bond acceptors (Lipinski definition) is 2. The molecule has 0 radical (unpaired) electrons. The van der Waals surface area contributed by atoms with Gasteiger partial charge in [0.05, 0.1) is 6.04 Å². The Morgan fingerprint density at radius 1 is 1.53 bits per heavy atom. The quantitative estimate of drug-likeness (QED) is 0.457. The molecule has 15 heavy (non-hydrogen) atoms. The standard InChI is InChI=1S/C11H14F2N2/c1-7(2)5-11(15-14)9-6-8(12)3-4-10(9)13/h3-4,6,11,15H,1,5,14H2,2H3. The Balaban J connectivity index is 3.00. The minimum atomic E-state index is -0.478. The monoisotopic (exact) mass is 212 g/mol. The van der Waals surface area contributed by atoms with E-state index in [1.165, 1.54) is 0 Å². The third kappa shape index (κ3) is 3.11. The lowest BCUT2D eigenvalue weighted by Gasteiger charge is -2.16. The number of hydrogen-bond donors (Lipinski definition) is 2. The predicted molar refractivity (Wildman–Crippen MR) is 55.9 cm³/mol. The van der Waals surface area contributed by atoms with Crippen molar-refractivity contribution in [1.82, 2.24) is 5.43 Å². The molecule has 0 aromatic heterocycles. The maximum absolute atomic E-state index is 13.4. The second-order valence-corrected chi connectivity index (χ2v) is 3.55. The van der Waals surface area contributed by atoms with Gasteiger partial charge < -0.3 is 0 Å². The maximum atomic E-state index is 13.4. The van der Waals surface area contributed by atoms with E-state index < -0.39 is 17.7 Å². The van der Waals surface area contributed by atoms with E-state index >= 15 is 0 Å². The number of benzene rings is 1. The summed E-state index contributed by atoms with van der Waals surface area (Å²) in [6.07, 6.45) is 0.469. The summed E-state index contributed by atoms with van der Waals surface area (Å²) in [5.74, 6) is 4.34. The largest absolute Gasteiger partial charge is 0.271 e. The number of rotatable bonds is 4. The molecule has 2 nitrogen and oxygen atoms in total. The fourth-order valence-corrected chi connectivity index (χ4v) is 1.39. The van der Waals surface area contributed by atoms with Gasteiger partial charge in [0.1, 0.15) is 11.6 Å². The van der Waals surface area contributed by atoms with E-state index in [2.05, 4.69) is 12.0 Å². The van der Waals surface area contributed by atoms with Gasteiger partial charge >= 0.3 is 0 Å². The Bertz CT molecular complexity index is 364. The van der Waals surface area contributed by atoms with Gasteiger partial charge in [0.2, 0.25) is 0 Å². The van der Waals surface area contributed by atoms with Gasteiger partial charge in [-0.25, -0.2) is 8.78 Å². The summed E-state index contributed by atoms with van der Waals surface area (Å²) in [4.78, 5) is 0. The van der Waals surface area contributed by atoms with E-state index in [0.717, 1.165) is 23.8 Å². The average molecular weight is 212 g/mol. The minimum absolute atomic E-state index is 0.223. The van der Waals surface area contributed by atoms with E-state index in [4.69, 9.17) is 5.84 Å². The highest BCUT2D eigenvalue weighted by atomic mass is 19.1. The molecule has 0 saturated carbocycles. The second kappa shape index (κ2) is 5.00. The van der Waals surface area contributed by atoms with Gasteiger partial charge in [-0.05, 0) is 31.5 Å². The normalized spacial score (nSPS) is 12.5. The summed E-state index contributed by atoms with van der Waals surface area (Å²) >= 11 is 0. The number of hydrazine groups is 1. The number of nitrogens with one attached hydrogen (secondary N) is 1. The van der Waals surface area contributed by atoms with Crippen LogP contribution in [-0.2, 0) is 0 Å². The second-order valence-electron chi connectivity index (χ2n) is 3.55. The topological polar surface area (TPSA) is 38.0 Å². The molecule has 0 bridgehead atoms. The predicted octanol–water partition coefficient (Wildman–Crippen LogP) is 2.44. The molecule has 0 amide bonds. The summed E-state index contributed by atoms with van der Waals surface area (Å²) < 4.78 is 26.3. The lowest BCUT2D eigenvalue weighted by molar-refractivity contribution is 0.501. The fraction of sp³-hybridized carbons (Fsp3) is 0.273. The summed E-state index contributed by atoms with van der Waals surface area (Å²) in [5, 5.41) is 0. The Labute approximate surface area is 87.8 Å². The van der Waals surface area contributed by atoms with Crippen LogP contribution in [0.3, 0.4) is 0 Å². The van der Waals surface area contributed by atoms with Gasteiger partial charge in [-0.3, -0.25) is 11.3 Å². The molecule has 0 spiro atoms. The molecule has 1 rings (SSSR count). The Kier molecular flexibility index (Phi) is 3.94. The molecule has 3 N–H and O–H groups in total. The van der Waals surface area contributed by atoms with Crippen molar-refractivity contribution in [2.24, 2.45) is 5.84 Å². The molecular weight excluding hydrogens is 198 g/mol. The smallest absolute Gasteiger partial charge is 0.128 e. The van der Waals surface area contributed by atoms with E-state index in [0.29, 0.717) is 6.42 Å². The van der Waals surface area contributed by atoms with Gasteiger partial charge in [-0.1, -0.05) is 5.57 Å². The van der Waals surface area contributed by atoms with E-state index in [-0.39, 0.29) is 5.56 Å². The molecule has 0 aliphatic rings. The SMILES string of the molecule is C=C(C)CC(NN)c1cc(F)ccc1F. The molecule has 82 valence electrons. The van der Waals surface area contributed by atoms with Crippen molar-refractivity contribution in [2.75, 3.05) is 0 Å². The van der Waals surface area contributed by atoms with Crippen LogP contribution >= 0.6 is 0 Å². The first-order valence-electron chi connectivity index (χ1n) is 4.60. The average Bonchev–Trinajstić information content (AvgIpc) is 2.18. The zero-order valence-electron chi connectivity index (χ0n) is 8.56. The molecule has 0 saturated heterocycles. The Morgan fingerprint density at radius 3 is 2.73 bits per heavy atom. The zero-order chi connectivity index (χ0) is 11.4. The van der Waals surface area contributed by atoms with Crippen LogP contribution in [0.1, 0.15) is 24.9 Å². The van der Waals surface area contributed by atoms with Crippen molar-refractivity contribution in [3.63, 3.8) is 0 Å². The zero-order valence-corrected chi connectivity index (χ0v) is 8.56. The molecule has 0 aliphatic carbocycles. The van der Waals surface area contributed by atoms with Crippen LogP contribution in [-0.4, -0.2) is 0 Å². The summed E-state index contributed by atoms with van der Waals surface area (Å²) in [5.41, 5.74) is 3.52. The number of nitrogens with two attached hydrogens (primary N) is 1. The highest BCUT2D eigenvalue weighted by Gasteiger charge is 2.15. The van der Waals surface area contributed by atoms with E-state index in [1.54, 1.807) is 0 Å². The van der Waals surface area contributed by atoms with Crippen molar-refractivity contribution >= 4 is 0 Å². The van der Waals surface area contributed by atoms with Crippen LogP contribution in [0.4, 0.5) is 8.78 Å². The van der Waals surface area contributed by atoms with Gasteiger partial charge in [0.15, 0.2) is 0 Å². The van der Waals surface area contributed by atoms with E-state index in [9.17, 15) is 8.78 Å². The molecule has 0 fully saturated rings. The van der Waals surface area contributed by atoms with Crippen LogP contribution < -0.4 is 11.3 Å². The van der Waals surface area contributed by atoms with Gasteiger partial charge in [-0.2, -0.15) is 0 Å². The van der Waals surface area contributed by atoms with Crippen molar-refractivity contribution in [2.45, 2.75) is 19.4 Å². The highest BCUT2D eigenvalue weighted by Crippen LogP contribution is 2.22. The third-order valence-electron chi connectivity index (χ3n) is 2.09. The summed E-state index contributed by atoms with van der Waals surface area (Å²) in [6.45, 7) is 5.52. The lowest BCUT2D eigenvalue weighted by Crippen LogP contribution is -2.29. The molecule has 0 heterocycles. The first-order valence-corrected chi connectivity index (χ1v) is 4.60. The summed E-state index contributed by atoms with van der Waals surface area (Å²) in [6, 6.07) is 2.86. The molecule has 1 aromatic rings. The van der Waals surface area contributed by atoms with Crippen LogP contribution in [0.2, 0.25) is 0 Å². The Morgan fingerprint density at radius 2 is 2.20 bits per heavy atom. The van der Waals surface area contributed by atoms with Crippen molar-refractivity contribution < 1.29 is 8.78 Å². The molecule has 0 aliphatic heterocycles. The van der Waals surface area contributed by atoms with E-state index in [1.807, 2.05) is 6.92 Å². The third-order valence-corrected chi connectivity index (χ3v) is 2.09. The Hall–Kier alpha value is -1.26. The van der Waals surface area contributed by atoms with Crippen LogP contribution in [0.5, 0.6) is 0 Å². The van der Waals surface area contributed by atoms with Gasteiger partial charge in [0, 0.05) is 5.56 Å². The molecule has 1 unspecified atom stereocenters. The molecule has 1 atom stereocenters. The van der Waals surface area contributed by atoms with Crippen LogP contribution in [0, 0.1) is 11.6 Å². The van der Waals surface area contributed by atoms with Gasteiger partial charge in [0.25, 0.3) is 0 Å². The molecule has 1 aromatic carbocycles. The molecular formula is C11H14F2N2. The fourth-order valence-electron chi connectivity index (χ4n) is 1.39. The maximum Gasteiger partial charge on any atom is 0.128 e. The first kappa shape index (κ1) is 11.8. The molecule has 4 heteroatoms. The van der Waals surface area contributed by atoms with Crippen molar-refractivity contribution in [3.05, 3.63) is 47.5 Å². The van der Waals surface area contributed by atoms with Crippen molar-refractivity contribution in [3.8, 4) is 0 Å². The van der Waals surface area contributed by atoms with Crippen molar-refractivity contribution in [1.29, 1.82) is 0 Å². The lowest BCUT2D eigenvalue weighted by atomic mass is 10.0. The summed E-state index contributed by atoms with van der Waals surface area (Å²) in [7, 11) is 0. The van der Waals surface area contributed by atoms with Crippen LogP contribution in [0.15, 0.2) is 30.4 Å². The first-order chi connectivity index (χ1) is 7.04.